The Morgan fingerprint density at radius 1 is 1.19 bits per heavy atom. The lowest BCUT2D eigenvalue weighted by molar-refractivity contribution is -0.253. The molecule has 0 saturated carbocycles. The second-order valence-electron chi connectivity index (χ2n) is 3.21. The maximum Gasteiger partial charge on any atom is 0.461 e. The molecule has 1 rings (SSSR count). The standard InChI is InChI=1S/C9H10F4N2O/c1-4-2-5(14)6(15)3-7(4)16-9(12,13)8(10)11/h2-3,8H,14-15H2,1H3. The van der Waals surface area contributed by atoms with Crippen molar-refractivity contribution in [1.29, 1.82) is 0 Å². The second-order valence-corrected chi connectivity index (χ2v) is 3.21. The van der Waals surface area contributed by atoms with E-state index in [4.69, 9.17) is 11.5 Å². The average Bonchev–Trinajstić information content (AvgIpc) is 2.13. The van der Waals surface area contributed by atoms with Gasteiger partial charge in [0.15, 0.2) is 0 Å². The van der Waals surface area contributed by atoms with Gasteiger partial charge >= 0.3 is 12.5 Å². The number of halogens is 4. The quantitative estimate of drug-likeness (QED) is 0.627. The average molecular weight is 238 g/mol. The Bertz CT molecular complexity index is 395. The van der Waals surface area contributed by atoms with Crippen LogP contribution in [0, 0.1) is 6.92 Å². The number of aryl methyl sites for hydroxylation is 1. The van der Waals surface area contributed by atoms with Gasteiger partial charge < -0.3 is 16.2 Å². The monoisotopic (exact) mass is 238 g/mol. The maximum atomic E-state index is 12.6. The van der Waals surface area contributed by atoms with Crippen LogP contribution in [-0.2, 0) is 0 Å². The van der Waals surface area contributed by atoms with Gasteiger partial charge in [-0.2, -0.15) is 17.6 Å². The summed E-state index contributed by atoms with van der Waals surface area (Å²) in [7, 11) is 0. The Morgan fingerprint density at radius 2 is 1.69 bits per heavy atom. The number of nitrogens with two attached hydrogens (primary N) is 2. The molecule has 0 atom stereocenters. The molecule has 0 saturated heterocycles. The maximum absolute atomic E-state index is 12.6. The van der Waals surface area contributed by atoms with Gasteiger partial charge in [-0.1, -0.05) is 0 Å². The van der Waals surface area contributed by atoms with Crippen LogP contribution in [0.4, 0.5) is 28.9 Å². The van der Waals surface area contributed by atoms with Crippen molar-refractivity contribution in [3.05, 3.63) is 17.7 Å². The molecule has 0 aliphatic carbocycles. The number of anilines is 2. The summed E-state index contributed by atoms with van der Waals surface area (Å²) in [5, 5.41) is 0. The molecule has 0 spiro atoms. The zero-order valence-electron chi connectivity index (χ0n) is 8.31. The third kappa shape index (κ3) is 2.47. The number of hydrogen-bond acceptors (Lipinski definition) is 3. The summed E-state index contributed by atoms with van der Waals surface area (Å²) in [5.74, 6) is -0.419. The number of benzene rings is 1. The number of ether oxygens (including phenoxy) is 1. The smallest absolute Gasteiger partial charge is 0.428 e. The largest absolute Gasteiger partial charge is 0.461 e. The zero-order chi connectivity index (χ0) is 12.5. The second kappa shape index (κ2) is 4.07. The first-order valence-corrected chi connectivity index (χ1v) is 4.24. The van der Waals surface area contributed by atoms with Gasteiger partial charge in [-0.25, -0.2) is 0 Å². The van der Waals surface area contributed by atoms with Gasteiger partial charge in [0.1, 0.15) is 5.75 Å². The fraction of sp³-hybridized carbons (Fsp3) is 0.333. The van der Waals surface area contributed by atoms with Gasteiger partial charge in [-0.05, 0) is 18.6 Å². The Hall–Kier alpha value is -1.66. The highest BCUT2D eigenvalue weighted by molar-refractivity contribution is 5.67. The lowest BCUT2D eigenvalue weighted by atomic mass is 10.2. The number of rotatable bonds is 3. The highest BCUT2D eigenvalue weighted by Gasteiger charge is 2.44. The molecule has 0 bridgehead atoms. The molecule has 7 heteroatoms. The first kappa shape index (κ1) is 12.4. The van der Waals surface area contributed by atoms with Gasteiger partial charge in [0, 0.05) is 6.07 Å². The van der Waals surface area contributed by atoms with Crippen molar-refractivity contribution >= 4 is 11.4 Å². The highest BCUT2D eigenvalue weighted by Crippen LogP contribution is 2.32. The molecular formula is C9H10F4N2O. The number of hydrogen-bond donors (Lipinski definition) is 2. The fourth-order valence-electron chi connectivity index (χ4n) is 1.03. The molecule has 0 unspecified atom stereocenters. The van der Waals surface area contributed by atoms with E-state index in [1.165, 1.54) is 13.0 Å². The predicted octanol–water partition coefficient (Wildman–Crippen LogP) is 2.40. The molecule has 1 aromatic rings. The van der Waals surface area contributed by atoms with E-state index in [-0.39, 0.29) is 16.9 Å². The van der Waals surface area contributed by atoms with Crippen LogP contribution < -0.4 is 16.2 Å². The molecule has 16 heavy (non-hydrogen) atoms. The Kier molecular flexibility index (Phi) is 3.16. The van der Waals surface area contributed by atoms with Gasteiger partial charge in [-0.3, -0.25) is 0 Å². The molecule has 0 aliphatic heterocycles. The number of alkyl halides is 4. The molecule has 0 aliphatic rings. The molecule has 3 nitrogen and oxygen atoms in total. The van der Waals surface area contributed by atoms with Crippen molar-refractivity contribution in [2.45, 2.75) is 19.5 Å². The van der Waals surface area contributed by atoms with Gasteiger partial charge in [0.2, 0.25) is 0 Å². The summed E-state index contributed by atoms with van der Waals surface area (Å²) in [5.41, 5.74) is 11.1. The molecule has 0 fully saturated rings. The van der Waals surface area contributed by atoms with E-state index in [1.54, 1.807) is 0 Å². The van der Waals surface area contributed by atoms with Crippen LogP contribution in [0.1, 0.15) is 5.56 Å². The molecule has 1 aromatic carbocycles. The van der Waals surface area contributed by atoms with Crippen LogP contribution in [0.5, 0.6) is 5.75 Å². The third-order valence-electron chi connectivity index (χ3n) is 1.88. The summed E-state index contributed by atoms with van der Waals surface area (Å²) in [6.45, 7) is 1.40. The van der Waals surface area contributed by atoms with Crippen LogP contribution in [0.2, 0.25) is 0 Å². The SMILES string of the molecule is Cc1cc(N)c(N)cc1OC(F)(F)C(F)F. The normalized spacial score (nSPS) is 11.9. The van der Waals surface area contributed by atoms with Crippen molar-refractivity contribution in [3.63, 3.8) is 0 Å². The van der Waals surface area contributed by atoms with E-state index in [1.807, 2.05) is 0 Å². The third-order valence-corrected chi connectivity index (χ3v) is 1.88. The van der Waals surface area contributed by atoms with Crippen molar-refractivity contribution in [2.75, 3.05) is 11.5 Å². The minimum Gasteiger partial charge on any atom is -0.428 e. The Labute approximate surface area is 89.0 Å². The molecule has 0 radical (unpaired) electrons. The summed E-state index contributed by atoms with van der Waals surface area (Å²) in [6, 6.07) is 2.26. The lowest BCUT2D eigenvalue weighted by Gasteiger charge is -2.18. The summed E-state index contributed by atoms with van der Waals surface area (Å²) >= 11 is 0. The van der Waals surface area contributed by atoms with Crippen LogP contribution in [0.15, 0.2) is 12.1 Å². The minimum absolute atomic E-state index is 0.00864. The topological polar surface area (TPSA) is 61.3 Å². The van der Waals surface area contributed by atoms with Crippen molar-refractivity contribution < 1.29 is 22.3 Å². The molecule has 0 heterocycles. The van der Waals surface area contributed by atoms with Gasteiger partial charge in [0.25, 0.3) is 0 Å². The van der Waals surface area contributed by atoms with Crippen molar-refractivity contribution in [2.24, 2.45) is 0 Å². The molecule has 0 aromatic heterocycles. The summed E-state index contributed by atoms with van der Waals surface area (Å²) in [6.07, 6.45) is -8.46. The van der Waals surface area contributed by atoms with E-state index in [0.29, 0.717) is 0 Å². The van der Waals surface area contributed by atoms with Crippen molar-refractivity contribution in [1.82, 2.24) is 0 Å². The van der Waals surface area contributed by atoms with Crippen molar-refractivity contribution in [3.8, 4) is 5.75 Å². The zero-order valence-corrected chi connectivity index (χ0v) is 8.31. The lowest BCUT2D eigenvalue weighted by Crippen LogP contribution is -2.33. The highest BCUT2D eigenvalue weighted by atomic mass is 19.3. The fourth-order valence-corrected chi connectivity index (χ4v) is 1.03. The van der Waals surface area contributed by atoms with Crippen LogP contribution in [-0.4, -0.2) is 12.5 Å². The first-order valence-electron chi connectivity index (χ1n) is 4.24. The molecular weight excluding hydrogens is 228 g/mol. The van der Waals surface area contributed by atoms with Crippen LogP contribution in [0.25, 0.3) is 0 Å². The van der Waals surface area contributed by atoms with Gasteiger partial charge in [-0.15, -0.1) is 0 Å². The predicted molar refractivity (Wildman–Crippen MR) is 51.6 cm³/mol. The first-order chi connectivity index (χ1) is 7.24. The van der Waals surface area contributed by atoms with E-state index < -0.39 is 18.3 Å². The minimum atomic E-state index is -4.55. The number of nitrogen functional groups attached to an aromatic ring is 2. The van der Waals surface area contributed by atoms with E-state index in [2.05, 4.69) is 4.74 Å². The van der Waals surface area contributed by atoms with E-state index in [0.717, 1.165) is 6.07 Å². The van der Waals surface area contributed by atoms with Gasteiger partial charge in [0.05, 0.1) is 11.4 Å². The molecule has 4 N–H and O–H groups in total. The summed E-state index contributed by atoms with van der Waals surface area (Å²) < 4.78 is 52.9. The van der Waals surface area contributed by atoms with E-state index in [9.17, 15) is 17.6 Å². The van der Waals surface area contributed by atoms with Crippen LogP contribution in [0.3, 0.4) is 0 Å². The molecule has 0 amide bonds. The Balaban J connectivity index is 3.02. The molecule has 90 valence electrons. The summed E-state index contributed by atoms with van der Waals surface area (Å²) in [4.78, 5) is 0. The Morgan fingerprint density at radius 3 is 2.19 bits per heavy atom. The van der Waals surface area contributed by atoms with Crippen LogP contribution >= 0.6 is 0 Å². The van der Waals surface area contributed by atoms with E-state index >= 15 is 0 Å².